The minimum absolute atomic E-state index is 0.510. The number of nitrogens with one attached hydrogen (secondary N) is 1. The molecule has 1 unspecified atom stereocenters. The SMILES string of the molecule is CCC(C)C=N/C=C\N=N. The first kappa shape index (κ1) is 9.01. The first-order valence-corrected chi connectivity index (χ1v) is 3.36. The molecule has 0 aliphatic heterocycles. The van der Waals surface area contributed by atoms with Crippen LogP contribution in [0.4, 0.5) is 0 Å². The van der Waals surface area contributed by atoms with Gasteiger partial charge in [-0.15, -0.1) is 0 Å². The van der Waals surface area contributed by atoms with E-state index >= 15 is 0 Å². The Morgan fingerprint density at radius 1 is 1.50 bits per heavy atom. The lowest BCUT2D eigenvalue weighted by Gasteiger charge is -1.94. The lowest BCUT2D eigenvalue weighted by molar-refractivity contribution is 0.754. The first-order valence-electron chi connectivity index (χ1n) is 3.36. The van der Waals surface area contributed by atoms with Gasteiger partial charge in [0, 0.05) is 12.4 Å². The standard InChI is InChI=1S/C7H13N3/c1-3-7(2)6-9-4-5-10-8/h4-8H,3H2,1-2H3/b5-4-,9-6?,10-8?. The lowest BCUT2D eigenvalue weighted by Crippen LogP contribution is -1.90. The maximum Gasteiger partial charge on any atom is 0.0671 e. The Morgan fingerprint density at radius 3 is 2.70 bits per heavy atom. The molecule has 0 heterocycles. The summed E-state index contributed by atoms with van der Waals surface area (Å²) < 4.78 is 0. The monoisotopic (exact) mass is 139 g/mol. The molecular weight excluding hydrogens is 126 g/mol. The fraction of sp³-hybridized carbons (Fsp3) is 0.571. The Hall–Kier alpha value is -0.990. The van der Waals surface area contributed by atoms with Crippen molar-refractivity contribution in [1.82, 2.24) is 0 Å². The van der Waals surface area contributed by atoms with Gasteiger partial charge in [0.25, 0.3) is 0 Å². The molecule has 0 bridgehead atoms. The molecule has 56 valence electrons. The second kappa shape index (κ2) is 6.13. The lowest BCUT2D eigenvalue weighted by atomic mass is 10.1. The molecule has 0 aromatic rings. The Bertz CT molecular complexity index is 138. The average molecular weight is 139 g/mol. The van der Waals surface area contributed by atoms with Gasteiger partial charge in [-0.05, 0) is 12.3 Å². The summed E-state index contributed by atoms with van der Waals surface area (Å²) in [7, 11) is 0. The van der Waals surface area contributed by atoms with Crippen molar-refractivity contribution in [3.05, 3.63) is 12.4 Å². The highest BCUT2D eigenvalue weighted by Crippen LogP contribution is 1.95. The number of hydrogen-bond acceptors (Lipinski definition) is 3. The number of aliphatic imine (C=N–C) groups is 1. The maximum atomic E-state index is 6.40. The maximum absolute atomic E-state index is 6.40. The van der Waals surface area contributed by atoms with Crippen LogP contribution in [0.15, 0.2) is 22.5 Å². The van der Waals surface area contributed by atoms with Crippen LogP contribution in [0, 0.1) is 11.4 Å². The van der Waals surface area contributed by atoms with Gasteiger partial charge in [0.1, 0.15) is 0 Å². The van der Waals surface area contributed by atoms with Crippen LogP contribution < -0.4 is 0 Å². The van der Waals surface area contributed by atoms with Crippen molar-refractivity contribution in [1.29, 1.82) is 5.53 Å². The van der Waals surface area contributed by atoms with Gasteiger partial charge in [-0.25, -0.2) is 5.53 Å². The Morgan fingerprint density at radius 2 is 2.20 bits per heavy atom. The van der Waals surface area contributed by atoms with Crippen LogP contribution >= 0.6 is 0 Å². The Kier molecular flexibility index (Phi) is 5.53. The Labute approximate surface area is 61.4 Å². The van der Waals surface area contributed by atoms with Gasteiger partial charge in [0.05, 0.1) is 6.20 Å². The zero-order valence-corrected chi connectivity index (χ0v) is 6.41. The molecule has 0 spiro atoms. The fourth-order valence-corrected chi connectivity index (χ4v) is 0.374. The van der Waals surface area contributed by atoms with Crippen molar-refractivity contribution < 1.29 is 0 Å². The summed E-state index contributed by atoms with van der Waals surface area (Å²) in [6.07, 6.45) is 5.80. The van der Waals surface area contributed by atoms with E-state index in [1.807, 2.05) is 6.21 Å². The molecule has 0 amide bonds. The minimum atomic E-state index is 0.510. The summed E-state index contributed by atoms with van der Waals surface area (Å²) in [4.78, 5) is 3.91. The number of nitrogens with zero attached hydrogens (tertiary/aromatic N) is 2. The van der Waals surface area contributed by atoms with Crippen LogP contribution in [0.5, 0.6) is 0 Å². The van der Waals surface area contributed by atoms with Gasteiger partial charge >= 0.3 is 0 Å². The minimum Gasteiger partial charge on any atom is -0.267 e. The number of hydrogen-bond donors (Lipinski definition) is 1. The van der Waals surface area contributed by atoms with Crippen molar-refractivity contribution in [3.8, 4) is 0 Å². The van der Waals surface area contributed by atoms with Crippen LogP contribution in [0.3, 0.4) is 0 Å². The zero-order chi connectivity index (χ0) is 7.82. The van der Waals surface area contributed by atoms with Crippen LogP contribution in [-0.2, 0) is 0 Å². The van der Waals surface area contributed by atoms with Crippen molar-refractivity contribution in [3.63, 3.8) is 0 Å². The van der Waals surface area contributed by atoms with Crippen molar-refractivity contribution in [2.24, 2.45) is 16.0 Å². The van der Waals surface area contributed by atoms with Crippen molar-refractivity contribution in [2.75, 3.05) is 0 Å². The van der Waals surface area contributed by atoms with E-state index in [2.05, 4.69) is 24.0 Å². The molecule has 0 aliphatic carbocycles. The third-order valence-electron chi connectivity index (χ3n) is 1.21. The van der Waals surface area contributed by atoms with E-state index in [1.165, 1.54) is 12.4 Å². The highest BCUT2D eigenvalue weighted by atomic mass is 14.9. The summed E-state index contributed by atoms with van der Waals surface area (Å²) in [5.74, 6) is 0.510. The second-order valence-electron chi connectivity index (χ2n) is 2.11. The van der Waals surface area contributed by atoms with E-state index in [-0.39, 0.29) is 0 Å². The molecule has 10 heavy (non-hydrogen) atoms. The van der Waals surface area contributed by atoms with Gasteiger partial charge < -0.3 is 0 Å². The average Bonchev–Trinajstić information content (AvgIpc) is 1.98. The van der Waals surface area contributed by atoms with Crippen LogP contribution in [-0.4, -0.2) is 6.21 Å². The zero-order valence-electron chi connectivity index (χ0n) is 6.41. The summed E-state index contributed by atoms with van der Waals surface area (Å²) in [6.45, 7) is 4.20. The van der Waals surface area contributed by atoms with E-state index in [0.29, 0.717) is 5.92 Å². The van der Waals surface area contributed by atoms with Gasteiger partial charge in [-0.3, -0.25) is 4.99 Å². The molecule has 0 saturated carbocycles. The van der Waals surface area contributed by atoms with Crippen LogP contribution in [0.1, 0.15) is 20.3 Å². The van der Waals surface area contributed by atoms with E-state index in [1.54, 1.807) is 0 Å². The van der Waals surface area contributed by atoms with Crippen molar-refractivity contribution >= 4 is 6.21 Å². The molecule has 0 rings (SSSR count). The predicted octanol–water partition coefficient (Wildman–Crippen LogP) is 2.61. The smallest absolute Gasteiger partial charge is 0.0671 e. The first-order chi connectivity index (χ1) is 4.81. The molecule has 0 saturated heterocycles. The second-order valence-corrected chi connectivity index (χ2v) is 2.11. The molecule has 0 aromatic heterocycles. The van der Waals surface area contributed by atoms with Gasteiger partial charge in [-0.1, -0.05) is 13.8 Å². The molecule has 0 aliphatic rings. The summed E-state index contributed by atoms with van der Waals surface area (Å²) >= 11 is 0. The van der Waals surface area contributed by atoms with Gasteiger partial charge in [0.2, 0.25) is 0 Å². The fourth-order valence-electron chi connectivity index (χ4n) is 0.374. The normalized spacial score (nSPS) is 14.6. The molecule has 3 nitrogen and oxygen atoms in total. The van der Waals surface area contributed by atoms with Crippen molar-refractivity contribution in [2.45, 2.75) is 20.3 Å². The topological polar surface area (TPSA) is 48.6 Å². The Balaban J connectivity index is 3.54. The molecule has 0 radical (unpaired) electrons. The van der Waals surface area contributed by atoms with Crippen LogP contribution in [0.2, 0.25) is 0 Å². The van der Waals surface area contributed by atoms with E-state index in [0.717, 1.165) is 6.42 Å². The molecule has 1 atom stereocenters. The summed E-state index contributed by atoms with van der Waals surface area (Å²) in [5.41, 5.74) is 6.40. The largest absolute Gasteiger partial charge is 0.267 e. The van der Waals surface area contributed by atoms with Gasteiger partial charge in [-0.2, -0.15) is 5.11 Å². The van der Waals surface area contributed by atoms with E-state index in [4.69, 9.17) is 5.53 Å². The predicted molar refractivity (Wildman–Crippen MR) is 42.2 cm³/mol. The molecule has 1 N–H and O–H groups in total. The molecule has 0 fully saturated rings. The molecular formula is C7H13N3. The summed E-state index contributed by atoms with van der Waals surface area (Å²) in [5, 5.41) is 3.01. The quantitative estimate of drug-likeness (QED) is 0.459. The van der Waals surface area contributed by atoms with E-state index in [9.17, 15) is 0 Å². The third-order valence-corrected chi connectivity index (χ3v) is 1.21. The number of rotatable bonds is 4. The molecule has 3 heteroatoms. The highest BCUT2D eigenvalue weighted by Gasteiger charge is 1.88. The third kappa shape index (κ3) is 5.15. The molecule has 0 aromatic carbocycles. The summed E-state index contributed by atoms with van der Waals surface area (Å²) in [6, 6.07) is 0. The van der Waals surface area contributed by atoms with Crippen LogP contribution in [0.25, 0.3) is 0 Å². The van der Waals surface area contributed by atoms with E-state index < -0.39 is 0 Å². The highest BCUT2D eigenvalue weighted by molar-refractivity contribution is 5.60. The van der Waals surface area contributed by atoms with Gasteiger partial charge in [0.15, 0.2) is 0 Å².